The molecule has 0 aliphatic heterocycles. The van der Waals surface area contributed by atoms with Crippen molar-refractivity contribution >= 4 is 11.6 Å². The Hall–Kier alpha value is -0.500. The number of hydrogen-bond acceptors (Lipinski definition) is 1. The lowest BCUT2D eigenvalue weighted by Gasteiger charge is -1.99. The van der Waals surface area contributed by atoms with Crippen LogP contribution >= 0.6 is 11.6 Å². The van der Waals surface area contributed by atoms with Crippen molar-refractivity contribution in [2.75, 3.05) is 0 Å². The molecule has 1 aromatic rings. The van der Waals surface area contributed by atoms with E-state index < -0.39 is 0 Å². The summed E-state index contributed by atoms with van der Waals surface area (Å²) in [4.78, 5) is 3.94. The molecule has 68 valence electrons. The van der Waals surface area contributed by atoms with Gasteiger partial charge in [0.25, 0.3) is 0 Å². The first-order valence-electron chi connectivity index (χ1n) is 4.50. The number of aryl methyl sites for hydroxylation is 1. The monoisotopic (exact) mass is 186 g/mol. The summed E-state index contributed by atoms with van der Waals surface area (Å²) in [6.45, 7) is 3.26. The van der Waals surface area contributed by atoms with Crippen LogP contribution in [0, 0.1) is 0 Å². The van der Waals surface area contributed by atoms with Crippen LogP contribution in [0.2, 0.25) is 5.15 Å². The predicted octanol–water partition coefficient (Wildman–Crippen LogP) is 3.12. The van der Waals surface area contributed by atoms with Crippen molar-refractivity contribution in [1.82, 2.24) is 9.55 Å². The summed E-state index contributed by atoms with van der Waals surface area (Å²) in [5, 5.41) is 0.588. The molecule has 0 fully saturated rings. The van der Waals surface area contributed by atoms with Crippen molar-refractivity contribution < 1.29 is 0 Å². The van der Waals surface area contributed by atoms with Crippen LogP contribution in [0.4, 0.5) is 0 Å². The van der Waals surface area contributed by atoms with Gasteiger partial charge in [-0.1, -0.05) is 37.8 Å². The molecule has 2 nitrogen and oxygen atoms in total. The van der Waals surface area contributed by atoms with Gasteiger partial charge in [-0.05, 0) is 6.42 Å². The molecular formula is C9H15ClN2. The van der Waals surface area contributed by atoms with E-state index >= 15 is 0 Å². The highest BCUT2D eigenvalue weighted by atomic mass is 35.5. The summed E-state index contributed by atoms with van der Waals surface area (Å²) in [5.74, 6) is 0. The Morgan fingerprint density at radius 3 is 2.83 bits per heavy atom. The topological polar surface area (TPSA) is 17.8 Å². The Labute approximate surface area is 78.6 Å². The lowest BCUT2D eigenvalue weighted by Crippen LogP contribution is -1.93. The largest absolute Gasteiger partial charge is 0.336 e. The number of unbranched alkanes of at least 4 members (excludes halogenated alkanes) is 3. The molecule has 1 heterocycles. The molecule has 1 rings (SSSR count). The zero-order valence-corrected chi connectivity index (χ0v) is 8.22. The van der Waals surface area contributed by atoms with E-state index in [4.69, 9.17) is 11.6 Å². The Bertz CT molecular complexity index is 220. The molecule has 0 N–H and O–H groups in total. The first-order chi connectivity index (χ1) is 5.83. The van der Waals surface area contributed by atoms with Gasteiger partial charge < -0.3 is 4.57 Å². The molecule has 0 amide bonds. The number of nitrogens with zero attached hydrogens (tertiary/aromatic N) is 2. The highest BCUT2D eigenvalue weighted by Gasteiger charge is 1.93. The van der Waals surface area contributed by atoms with Gasteiger partial charge in [-0.3, -0.25) is 0 Å². The van der Waals surface area contributed by atoms with Crippen molar-refractivity contribution in [1.29, 1.82) is 0 Å². The van der Waals surface area contributed by atoms with E-state index in [1.54, 1.807) is 6.33 Å². The molecule has 1 aromatic heterocycles. The summed E-state index contributed by atoms with van der Waals surface area (Å²) in [5.41, 5.74) is 0. The Morgan fingerprint density at radius 2 is 2.25 bits per heavy atom. The number of imidazole rings is 1. The highest BCUT2D eigenvalue weighted by Crippen LogP contribution is 2.05. The van der Waals surface area contributed by atoms with Crippen molar-refractivity contribution in [2.24, 2.45) is 0 Å². The normalized spacial score (nSPS) is 10.5. The highest BCUT2D eigenvalue weighted by molar-refractivity contribution is 6.29. The molecule has 0 saturated carbocycles. The lowest BCUT2D eigenvalue weighted by atomic mass is 10.2. The second-order valence-electron chi connectivity index (χ2n) is 2.99. The zero-order valence-electron chi connectivity index (χ0n) is 7.46. The van der Waals surface area contributed by atoms with Crippen molar-refractivity contribution in [3.05, 3.63) is 17.7 Å². The first-order valence-corrected chi connectivity index (χ1v) is 4.88. The molecule has 12 heavy (non-hydrogen) atoms. The van der Waals surface area contributed by atoms with Crippen LogP contribution in [0.3, 0.4) is 0 Å². The van der Waals surface area contributed by atoms with E-state index in [1.807, 2.05) is 10.8 Å². The lowest BCUT2D eigenvalue weighted by molar-refractivity contribution is 0.582. The maximum atomic E-state index is 5.67. The van der Waals surface area contributed by atoms with Crippen LogP contribution in [-0.4, -0.2) is 9.55 Å². The van der Waals surface area contributed by atoms with Gasteiger partial charge >= 0.3 is 0 Å². The van der Waals surface area contributed by atoms with Gasteiger partial charge in [-0.25, -0.2) is 4.98 Å². The molecule has 0 bridgehead atoms. The summed E-state index contributed by atoms with van der Waals surface area (Å²) < 4.78 is 2.04. The van der Waals surface area contributed by atoms with E-state index in [9.17, 15) is 0 Å². The molecular weight excluding hydrogens is 172 g/mol. The SMILES string of the molecule is CCCCCCn1cnc(Cl)c1. The Balaban J connectivity index is 2.15. The van der Waals surface area contributed by atoms with Gasteiger partial charge in [0.05, 0.1) is 6.33 Å². The van der Waals surface area contributed by atoms with Crippen molar-refractivity contribution in [3.63, 3.8) is 0 Å². The molecule has 3 heteroatoms. The van der Waals surface area contributed by atoms with Crippen LogP contribution in [0.15, 0.2) is 12.5 Å². The fraction of sp³-hybridized carbons (Fsp3) is 0.667. The first kappa shape index (κ1) is 9.59. The van der Waals surface area contributed by atoms with Crippen LogP contribution in [0.25, 0.3) is 0 Å². The second-order valence-corrected chi connectivity index (χ2v) is 3.38. The average Bonchev–Trinajstić information content (AvgIpc) is 2.45. The molecule has 0 aliphatic carbocycles. The summed E-state index contributed by atoms with van der Waals surface area (Å²) in [6, 6.07) is 0. The average molecular weight is 187 g/mol. The Morgan fingerprint density at radius 1 is 1.42 bits per heavy atom. The van der Waals surface area contributed by atoms with E-state index in [0.29, 0.717) is 5.15 Å². The number of halogens is 1. The van der Waals surface area contributed by atoms with E-state index in [2.05, 4.69) is 11.9 Å². The molecule has 0 spiro atoms. The van der Waals surface area contributed by atoms with Crippen molar-refractivity contribution in [2.45, 2.75) is 39.2 Å². The molecule has 0 saturated heterocycles. The minimum absolute atomic E-state index is 0.588. The minimum atomic E-state index is 0.588. The third kappa shape index (κ3) is 3.26. The van der Waals surface area contributed by atoms with Gasteiger partial charge in [0, 0.05) is 12.7 Å². The summed E-state index contributed by atoms with van der Waals surface area (Å²) in [6.07, 6.45) is 8.78. The summed E-state index contributed by atoms with van der Waals surface area (Å²) >= 11 is 5.67. The van der Waals surface area contributed by atoms with Gasteiger partial charge in [0.15, 0.2) is 0 Å². The molecule has 0 radical (unpaired) electrons. The quantitative estimate of drug-likeness (QED) is 0.647. The fourth-order valence-electron chi connectivity index (χ4n) is 1.18. The maximum absolute atomic E-state index is 5.67. The second kappa shape index (κ2) is 5.20. The van der Waals surface area contributed by atoms with E-state index in [-0.39, 0.29) is 0 Å². The number of aromatic nitrogens is 2. The standard InChI is InChI=1S/C9H15ClN2/c1-2-3-4-5-6-12-7-9(10)11-8-12/h7-8H,2-6H2,1H3. The number of hydrogen-bond donors (Lipinski definition) is 0. The molecule has 0 aliphatic rings. The van der Waals surface area contributed by atoms with Crippen LogP contribution < -0.4 is 0 Å². The fourth-order valence-corrected chi connectivity index (χ4v) is 1.35. The third-order valence-corrected chi connectivity index (χ3v) is 2.07. The molecule has 0 aromatic carbocycles. The van der Waals surface area contributed by atoms with Crippen LogP contribution in [0.1, 0.15) is 32.6 Å². The zero-order chi connectivity index (χ0) is 8.81. The predicted molar refractivity (Wildman–Crippen MR) is 51.4 cm³/mol. The minimum Gasteiger partial charge on any atom is -0.336 e. The maximum Gasteiger partial charge on any atom is 0.146 e. The smallest absolute Gasteiger partial charge is 0.146 e. The van der Waals surface area contributed by atoms with Gasteiger partial charge in [-0.15, -0.1) is 0 Å². The molecule has 0 atom stereocenters. The third-order valence-electron chi connectivity index (χ3n) is 1.87. The van der Waals surface area contributed by atoms with Gasteiger partial charge in [-0.2, -0.15) is 0 Å². The van der Waals surface area contributed by atoms with Crippen LogP contribution in [-0.2, 0) is 6.54 Å². The van der Waals surface area contributed by atoms with E-state index in [1.165, 1.54) is 25.7 Å². The molecule has 0 unspecified atom stereocenters. The van der Waals surface area contributed by atoms with Gasteiger partial charge in [0.2, 0.25) is 0 Å². The van der Waals surface area contributed by atoms with Gasteiger partial charge in [0.1, 0.15) is 5.15 Å². The van der Waals surface area contributed by atoms with E-state index in [0.717, 1.165) is 6.54 Å². The number of rotatable bonds is 5. The summed E-state index contributed by atoms with van der Waals surface area (Å²) in [7, 11) is 0. The van der Waals surface area contributed by atoms with Crippen molar-refractivity contribution in [3.8, 4) is 0 Å². The van der Waals surface area contributed by atoms with Crippen LogP contribution in [0.5, 0.6) is 0 Å². The Kier molecular flexibility index (Phi) is 4.15.